The van der Waals surface area contributed by atoms with Crippen LogP contribution in [0.5, 0.6) is 0 Å². The first kappa shape index (κ1) is 26.1. The predicted octanol–water partition coefficient (Wildman–Crippen LogP) is 4.39. The van der Waals surface area contributed by atoms with Gasteiger partial charge in [-0.1, -0.05) is 17.7 Å². The zero-order chi connectivity index (χ0) is 25.3. The topological polar surface area (TPSA) is 81.5 Å². The molecule has 1 unspecified atom stereocenters. The van der Waals surface area contributed by atoms with E-state index in [1.807, 2.05) is 0 Å². The average Bonchev–Trinajstić information content (AvgIpc) is 2.78. The lowest BCUT2D eigenvalue weighted by Gasteiger charge is -2.29. The Morgan fingerprint density at radius 3 is 2.56 bits per heavy atom. The lowest BCUT2D eigenvalue weighted by molar-refractivity contribution is -0.137. The maximum atomic E-state index is 13.5. The van der Waals surface area contributed by atoms with Crippen LogP contribution in [0, 0.1) is 0 Å². The van der Waals surface area contributed by atoms with Crippen LogP contribution in [0.2, 0.25) is 5.02 Å². The van der Waals surface area contributed by atoms with Gasteiger partial charge in [-0.3, -0.25) is 9.36 Å². The number of halogens is 4. The number of benzene rings is 2. The number of sulfonamides is 1. The molecule has 0 saturated heterocycles. The summed E-state index contributed by atoms with van der Waals surface area (Å²) >= 11 is 6.03. The molecular weight excluding hydrogens is 495 g/mol. The van der Waals surface area contributed by atoms with Gasteiger partial charge in [0.15, 0.2) is 0 Å². The second kappa shape index (κ2) is 10.0. The second-order valence-electron chi connectivity index (χ2n) is 7.66. The van der Waals surface area contributed by atoms with E-state index < -0.39 is 38.3 Å². The molecule has 0 saturated carbocycles. The lowest BCUT2D eigenvalue weighted by atomic mass is 10.2. The largest absolute Gasteiger partial charge is 0.416 e. The molecule has 2 aromatic carbocycles. The molecule has 1 aromatic heterocycles. The zero-order valence-corrected chi connectivity index (χ0v) is 20.2. The molecule has 0 aliphatic heterocycles. The minimum absolute atomic E-state index is 0.0724. The van der Waals surface area contributed by atoms with Crippen LogP contribution in [0.1, 0.15) is 30.8 Å². The fourth-order valence-electron chi connectivity index (χ4n) is 3.62. The summed E-state index contributed by atoms with van der Waals surface area (Å²) in [5.74, 6) is 0.118. The van der Waals surface area contributed by atoms with Gasteiger partial charge in [-0.2, -0.15) is 17.5 Å². The van der Waals surface area contributed by atoms with E-state index in [9.17, 15) is 26.4 Å². The monoisotopic (exact) mass is 517 g/mol. The summed E-state index contributed by atoms with van der Waals surface area (Å²) in [5, 5.41) is 0.648. The van der Waals surface area contributed by atoms with Crippen molar-refractivity contribution in [3.05, 3.63) is 69.2 Å². The zero-order valence-electron chi connectivity index (χ0n) is 18.6. The van der Waals surface area contributed by atoms with E-state index in [4.69, 9.17) is 16.3 Å². The van der Waals surface area contributed by atoms with E-state index in [0.717, 1.165) is 22.5 Å². The summed E-state index contributed by atoms with van der Waals surface area (Å²) < 4.78 is 74.0. The Morgan fingerprint density at radius 2 is 1.91 bits per heavy atom. The molecule has 0 spiro atoms. The Kier molecular flexibility index (Phi) is 7.71. The van der Waals surface area contributed by atoms with Crippen LogP contribution in [0.15, 0.2) is 52.2 Å². The molecule has 3 rings (SSSR count). The van der Waals surface area contributed by atoms with Crippen molar-refractivity contribution in [1.82, 2.24) is 13.9 Å². The highest BCUT2D eigenvalue weighted by molar-refractivity contribution is 7.89. The molecule has 0 aliphatic rings. The number of aromatic nitrogens is 2. The lowest BCUT2D eigenvalue weighted by Crippen LogP contribution is -2.38. The molecule has 184 valence electrons. The number of hydrogen-bond acceptors (Lipinski definition) is 5. The fraction of sp³-hybridized carbons (Fsp3) is 0.364. The average molecular weight is 518 g/mol. The molecule has 0 aliphatic carbocycles. The molecule has 3 aromatic rings. The Labute approximate surface area is 199 Å². The van der Waals surface area contributed by atoms with Crippen molar-refractivity contribution < 1.29 is 26.3 Å². The third kappa shape index (κ3) is 5.27. The number of rotatable bonds is 8. The van der Waals surface area contributed by atoms with E-state index in [0.29, 0.717) is 16.5 Å². The number of methoxy groups -OCH3 is 1. The first-order valence-corrected chi connectivity index (χ1v) is 12.0. The van der Waals surface area contributed by atoms with Gasteiger partial charge in [0, 0.05) is 32.3 Å². The van der Waals surface area contributed by atoms with Crippen LogP contribution in [-0.2, 0) is 28.0 Å². The Bertz CT molecular complexity index is 1360. The van der Waals surface area contributed by atoms with Gasteiger partial charge in [0.05, 0.1) is 27.4 Å². The van der Waals surface area contributed by atoms with Crippen molar-refractivity contribution in [2.45, 2.75) is 30.5 Å². The van der Waals surface area contributed by atoms with Crippen LogP contribution in [0.3, 0.4) is 0 Å². The van der Waals surface area contributed by atoms with E-state index >= 15 is 0 Å². The number of alkyl halides is 3. The van der Waals surface area contributed by atoms with Crippen LogP contribution >= 0.6 is 11.6 Å². The number of fused-ring (bicyclic) bond motifs is 1. The van der Waals surface area contributed by atoms with Crippen molar-refractivity contribution in [2.24, 2.45) is 7.05 Å². The minimum atomic E-state index is -4.71. The molecule has 34 heavy (non-hydrogen) atoms. The first-order valence-electron chi connectivity index (χ1n) is 10.2. The van der Waals surface area contributed by atoms with Gasteiger partial charge in [0.25, 0.3) is 5.56 Å². The standard InChI is InChI=1S/C22H23ClF3N3O4S/c1-14(20-27-19-13-16(23)8-9-18(19)21(30)28(20)2)29(10-5-11-33-3)34(31,32)17-7-4-6-15(12-17)22(24,25)26/h4,6-9,12-14H,5,10-11H2,1-3H3. The highest BCUT2D eigenvalue weighted by atomic mass is 35.5. The van der Waals surface area contributed by atoms with Crippen LogP contribution in [0.25, 0.3) is 10.9 Å². The third-order valence-corrected chi connectivity index (χ3v) is 7.58. The van der Waals surface area contributed by atoms with Gasteiger partial charge in [0.1, 0.15) is 5.82 Å². The maximum Gasteiger partial charge on any atom is 0.416 e. The molecule has 0 fully saturated rings. The number of nitrogens with zero attached hydrogens (tertiary/aromatic N) is 3. The van der Waals surface area contributed by atoms with Gasteiger partial charge in [-0.25, -0.2) is 13.4 Å². The summed E-state index contributed by atoms with van der Waals surface area (Å²) in [6.07, 6.45) is -4.44. The number of hydrogen-bond donors (Lipinski definition) is 0. The SMILES string of the molecule is COCCCN(C(C)c1nc2cc(Cl)ccc2c(=O)n1C)S(=O)(=O)c1cccc(C(F)(F)F)c1. The molecule has 1 heterocycles. The van der Waals surface area contributed by atoms with Crippen molar-refractivity contribution in [3.8, 4) is 0 Å². The van der Waals surface area contributed by atoms with Crippen molar-refractivity contribution in [1.29, 1.82) is 0 Å². The Hall–Kier alpha value is -2.47. The van der Waals surface area contributed by atoms with Crippen molar-refractivity contribution >= 4 is 32.5 Å². The molecule has 0 bridgehead atoms. The highest BCUT2D eigenvalue weighted by Gasteiger charge is 2.35. The third-order valence-electron chi connectivity index (χ3n) is 5.37. The summed E-state index contributed by atoms with van der Waals surface area (Å²) in [6.45, 7) is 1.67. The molecule has 1 atom stereocenters. The minimum Gasteiger partial charge on any atom is -0.385 e. The van der Waals surface area contributed by atoms with Crippen molar-refractivity contribution in [2.75, 3.05) is 20.3 Å². The summed E-state index contributed by atoms with van der Waals surface area (Å²) in [4.78, 5) is 16.8. The van der Waals surface area contributed by atoms with E-state index in [2.05, 4.69) is 4.98 Å². The van der Waals surface area contributed by atoms with Gasteiger partial charge in [0.2, 0.25) is 10.0 Å². The molecular formula is C22H23ClF3N3O4S. The fourth-order valence-corrected chi connectivity index (χ4v) is 5.46. The Balaban J connectivity index is 2.14. The molecule has 0 radical (unpaired) electrons. The summed E-state index contributed by atoms with van der Waals surface area (Å²) in [7, 11) is -1.50. The quantitative estimate of drug-likeness (QED) is 0.414. The normalized spacial score (nSPS) is 13.5. The van der Waals surface area contributed by atoms with Crippen molar-refractivity contribution in [3.63, 3.8) is 0 Å². The van der Waals surface area contributed by atoms with Gasteiger partial charge >= 0.3 is 6.18 Å². The van der Waals surface area contributed by atoms with Crippen LogP contribution in [0.4, 0.5) is 13.2 Å². The van der Waals surface area contributed by atoms with Gasteiger partial charge in [-0.05, 0) is 49.7 Å². The van der Waals surface area contributed by atoms with E-state index in [1.165, 1.54) is 37.8 Å². The van der Waals surface area contributed by atoms with Crippen LogP contribution < -0.4 is 5.56 Å². The summed E-state index contributed by atoms with van der Waals surface area (Å²) in [5.41, 5.74) is -1.20. The Morgan fingerprint density at radius 1 is 1.21 bits per heavy atom. The first-order chi connectivity index (χ1) is 15.9. The molecule has 12 heteroatoms. The maximum absolute atomic E-state index is 13.5. The number of ether oxygens (including phenoxy) is 1. The van der Waals surface area contributed by atoms with Gasteiger partial charge < -0.3 is 4.74 Å². The summed E-state index contributed by atoms with van der Waals surface area (Å²) in [6, 6.07) is 7.12. The van der Waals surface area contributed by atoms with Crippen LogP contribution in [-0.4, -0.2) is 42.5 Å². The van der Waals surface area contributed by atoms with Gasteiger partial charge in [-0.15, -0.1) is 0 Å². The molecule has 0 N–H and O–H groups in total. The predicted molar refractivity (Wildman–Crippen MR) is 122 cm³/mol. The second-order valence-corrected chi connectivity index (χ2v) is 9.99. The highest BCUT2D eigenvalue weighted by Crippen LogP contribution is 2.33. The smallest absolute Gasteiger partial charge is 0.385 e. The molecule has 7 nitrogen and oxygen atoms in total. The molecule has 0 amide bonds. The van der Waals surface area contributed by atoms with E-state index in [1.54, 1.807) is 6.07 Å². The van der Waals surface area contributed by atoms with E-state index in [-0.39, 0.29) is 30.9 Å².